The summed E-state index contributed by atoms with van der Waals surface area (Å²) in [5.41, 5.74) is -0.257. The molecule has 24 heavy (non-hydrogen) atoms. The van der Waals surface area contributed by atoms with Crippen LogP contribution < -0.4 is 0 Å². The third kappa shape index (κ3) is 1.84. The summed E-state index contributed by atoms with van der Waals surface area (Å²) in [5, 5.41) is 0. The average Bonchev–Trinajstić information content (AvgIpc) is 3.04. The molecule has 1 fully saturated rings. The molecule has 0 spiro atoms. The van der Waals surface area contributed by atoms with Crippen molar-refractivity contribution in [1.29, 1.82) is 0 Å². The number of ketones is 2. The number of fused-ring (bicyclic) bond motifs is 3. The fraction of sp³-hybridized carbons (Fsp3) is 0.421. The second kappa shape index (κ2) is 4.79. The Morgan fingerprint density at radius 3 is 2.62 bits per heavy atom. The number of carbonyl (C=O) groups is 3. The normalized spacial score (nSPS) is 38.2. The molecule has 2 heterocycles. The van der Waals surface area contributed by atoms with Gasteiger partial charge in [-0.2, -0.15) is 0 Å². The van der Waals surface area contributed by atoms with Gasteiger partial charge in [-0.25, -0.2) is 4.79 Å². The fourth-order valence-corrected chi connectivity index (χ4v) is 4.65. The Morgan fingerprint density at radius 1 is 1.12 bits per heavy atom. The Bertz CT molecular complexity index is 800. The van der Waals surface area contributed by atoms with Crippen LogP contribution in [0.15, 0.2) is 46.8 Å². The van der Waals surface area contributed by atoms with E-state index in [1.807, 2.05) is 13.8 Å². The summed E-state index contributed by atoms with van der Waals surface area (Å²) in [6, 6.07) is 1.76. The van der Waals surface area contributed by atoms with Gasteiger partial charge in [0, 0.05) is 27.9 Å². The molecular weight excluding hydrogens is 308 g/mol. The Kier molecular flexibility index (Phi) is 3.02. The highest BCUT2D eigenvalue weighted by molar-refractivity contribution is 6.11. The molecule has 0 bridgehead atoms. The van der Waals surface area contributed by atoms with E-state index in [4.69, 9.17) is 9.15 Å². The second-order valence-corrected chi connectivity index (χ2v) is 7.34. The minimum atomic E-state index is -0.803. The average molecular weight is 326 g/mol. The molecule has 1 aromatic rings. The van der Waals surface area contributed by atoms with Crippen molar-refractivity contribution in [3.05, 3.63) is 48.0 Å². The molecule has 4 atom stereocenters. The first-order chi connectivity index (χ1) is 11.4. The van der Waals surface area contributed by atoms with Crippen molar-refractivity contribution in [1.82, 2.24) is 0 Å². The van der Waals surface area contributed by atoms with Crippen LogP contribution in [0.4, 0.5) is 0 Å². The summed E-state index contributed by atoms with van der Waals surface area (Å²) in [6.07, 6.45) is 7.95. The minimum Gasteiger partial charge on any atom is -0.472 e. The zero-order valence-electron chi connectivity index (χ0n) is 13.6. The molecule has 3 aliphatic rings. The van der Waals surface area contributed by atoms with E-state index >= 15 is 0 Å². The first-order valence-electron chi connectivity index (χ1n) is 8.06. The molecule has 0 aromatic carbocycles. The van der Waals surface area contributed by atoms with Crippen molar-refractivity contribution in [3.63, 3.8) is 0 Å². The summed E-state index contributed by atoms with van der Waals surface area (Å²) in [6.45, 7) is 3.73. The molecule has 0 radical (unpaired) electrons. The van der Waals surface area contributed by atoms with E-state index < -0.39 is 28.8 Å². The largest absolute Gasteiger partial charge is 0.472 e. The first kappa shape index (κ1) is 15.1. The SMILES string of the molecule is C[C@@]12CC=C3C(=O)O[C@@H](c4ccoc4)C[C@@]3(C)[C@@H]1C(=O)C=CC2=O. The maximum absolute atomic E-state index is 12.7. The number of rotatable bonds is 1. The standard InChI is InChI=1S/C19H18O5/c1-18-7-5-12-17(22)24-14(11-6-8-23-10-11)9-19(12,2)16(18)13(20)3-4-15(18)21/h3-6,8,10,14,16H,7,9H2,1-2H3/t14-,16-,18+,19-/m1/s1. The molecular formula is C19H18O5. The summed E-state index contributed by atoms with van der Waals surface area (Å²) < 4.78 is 10.7. The fourth-order valence-electron chi connectivity index (χ4n) is 4.65. The van der Waals surface area contributed by atoms with Crippen molar-refractivity contribution in [2.75, 3.05) is 0 Å². The van der Waals surface area contributed by atoms with Crippen LogP contribution in [0.5, 0.6) is 0 Å². The number of ether oxygens (including phenoxy) is 1. The monoisotopic (exact) mass is 326 g/mol. The molecule has 1 saturated heterocycles. The minimum absolute atomic E-state index is 0.0533. The third-order valence-corrected chi connectivity index (χ3v) is 5.86. The lowest BCUT2D eigenvalue weighted by Crippen LogP contribution is -2.55. The second-order valence-electron chi connectivity index (χ2n) is 7.34. The van der Waals surface area contributed by atoms with E-state index in [-0.39, 0.29) is 11.6 Å². The van der Waals surface area contributed by atoms with Gasteiger partial charge in [0.2, 0.25) is 0 Å². The van der Waals surface area contributed by atoms with Crippen molar-refractivity contribution in [2.24, 2.45) is 16.7 Å². The Labute approximate surface area is 139 Å². The van der Waals surface area contributed by atoms with Crippen molar-refractivity contribution in [3.8, 4) is 0 Å². The third-order valence-electron chi connectivity index (χ3n) is 5.86. The molecule has 0 saturated carbocycles. The lowest BCUT2D eigenvalue weighted by atomic mass is 9.50. The predicted octanol–water partition coefficient (Wildman–Crippen LogP) is 2.93. The van der Waals surface area contributed by atoms with Gasteiger partial charge in [0.25, 0.3) is 0 Å². The smallest absolute Gasteiger partial charge is 0.334 e. The molecule has 1 aromatic heterocycles. The lowest BCUT2D eigenvalue weighted by molar-refractivity contribution is -0.161. The number of furan rings is 1. The van der Waals surface area contributed by atoms with E-state index in [9.17, 15) is 14.4 Å². The number of allylic oxidation sites excluding steroid dienone is 3. The number of hydrogen-bond donors (Lipinski definition) is 0. The van der Waals surface area contributed by atoms with Crippen LogP contribution in [0.2, 0.25) is 0 Å². The van der Waals surface area contributed by atoms with Gasteiger partial charge in [-0.15, -0.1) is 0 Å². The summed E-state index contributed by atoms with van der Waals surface area (Å²) in [5.74, 6) is -1.11. The lowest BCUT2D eigenvalue weighted by Gasteiger charge is -2.53. The quantitative estimate of drug-likeness (QED) is 0.742. The molecule has 124 valence electrons. The van der Waals surface area contributed by atoms with Gasteiger partial charge in [0.15, 0.2) is 11.6 Å². The maximum atomic E-state index is 12.7. The topological polar surface area (TPSA) is 73.6 Å². The molecule has 2 aliphatic carbocycles. The van der Waals surface area contributed by atoms with E-state index in [0.29, 0.717) is 18.4 Å². The number of hydrogen-bond acceptors (Lipinski definition) is 5. The number of cyclic esters (lactones) is 1. The van der Waals surface area contributed by atoms with Gasteiger partial charge >= 0.3 is 5.97 Å². The number of carbonyl (C=O) groups excluding carboxylic acids is 3. The van der Waals surface area contributed by atoms with Crippen molar-refractivity contribution >= 4 is 17.5 Å². The Hall–Kier alpha value is -2.43. The molecule has 4 rings (SSSR count). The van der Waals surface area contributed by atoms with Crippen LogP contribution in [0.3, 0.4) is 0 Å². The van der Waals surface area contributed by atoms with E-state index in [1.165, 1.54) is 18.4 Å². The highest BCUT2D eigenvalue weighted by atomic mass is 16.5. The molecule has 5 nitrogen and oxygen atoms in total. The van der Waals surface area contributed by atoms with Crippen LogP contribution in [0.25, 0.3) is 0 Å². The van der Waals surface area contributed by atoms with Crippen molar-refractivity contribution in [2.45, 2.75) is 32.8 Å². The van der Waals surface area contributed by atoms with Crippen LogP contribution in [-0.4, -0.2) is 17.5 Å². The molecule has 0 amide bonds. The van der Waals surface area contributed by atoms with Crippen molar-refractivity contribution < 1.29 is 23.5 Å². The van der Waals surface area contributed by atoms with Gasteiger partial charge in [-0.1, -0.05) is 19.9 Å². The van der Waals surface area contributed by atoms with Gasteiger partial charge in [0.05, 0.1) is 12.5 Å². The Morgan fingerprint density at radius 2 is 1.92 bits per heavy atom. The first-order valence-corrected chi connectivity index (χ1v) is 8.06. The Balaban J connectivity index is 1.84. The summed E-state index contributed by atoms with van der Waals surface area (Å²) in [7, 11) is 0. The zero-order chi connectivity index (χ0) is 17.1. The molecule has 0 unspecified atom stereocenters. The van der Waals surface area contributed by atoms with E-state index in [1.54, 1.807) is 18.4 Å². The highest BCUT2D eigenvalue weighted by Gasteiger charge is 2.61. The summed E-state index contributed by atoms with van der Waals surface area (Å²) >= 11 is 0. The highest BCUT2D eigenvalue weighted by Crippen LogP contribution is 2.59. The predicted molar refractivity (Wildman–Crippen MR) is 83.7 cm³/mol. The van der Waals surface area contributed by atoms with Gasteiger partial charge in [0.1, 0.15) is 6.10 Å². The van der Waals surface area contributed by atoms with Crippen LogP contribution in [0, 0.1) is 16.7 Å². The van der Waals surface area contributed by atoms with Crippen LogP contribution in [0.1, 0.15) is 38.4 Å². The molecule has 1 aliphatic heterocycles. The molecule has 5 heteroatoms. The van der Waals surface area contributed by atoms with Crippen LogP contribution >= 0.6 is 0 Å². The van der Waals surface area contributed by atoms with Crippen LogP contribution in [-0.2, 0) is 19.1 Å². The van der Waals surface area contributed by atoms with Gasteiger partial charge in [-0.3, -0.25) is 9.59 Å². The maximum Gasteiger partial charge on any atom is 0.334 e. The van der Waals surface area contributed by atoms with Gasteiger partial charge in [-0.05, 0) is 31.1 Å². The van der Waals surface area contributed by atoms with E-state index in [0.717, 1.165) is 5.56 Å². The zero-order valence-corrected chi connectivity index (χ0v) is 13.6. The van der Waals surface area contributed by atoms with Gasteiger partial charge < -0.3 is 9.15 Å². The number of esters is 1. The van der Waals surface area contributed by atoms with E-state index in [2.05, 4.69) is 0 Å². The molecule has 0 N–H and O–H groups in total. The summed E-state index contributed by atoms with van der Waals surface area (Å²) in [4.78, 5) is 37.8.